The van der Waals surface area contributed by atoms with Gasteiger partial charge in [0.2, 0.25) is 5.91 Å². The standard InChI is InChI=1S/C7H12N2O.C2H6.H2/c1-2-7(10)9-6-4-3-5-8;1-2;/h2-4,6H2,1H3,(H,9,10);1-2H3;1H. The Balaban J connectivity index is -0.000000309. The number of unbranched alkanes of at least 4 members (excludes halogenated alkanes) is 1. The number of carbonyl (C=O) groups excluding carboxylic acids is 1. The lowest BCUT2D eigenvalue weighted by Crippen LogP contribution is -2.22. The van der Waals surface area contributed by atoms with Gasteiger partial charge in [-0.25, -0.2) is 0 Å². The molecule has 0 saturated carbocycles. The molecule has 0 spiro atoms. The molecular formula is C9H20N2O. The summed E-state index contributed by atoms with van der Waals surface area (Å²) >= 11 is 0. The Bertz CT molecular complexity index is 143. The normalized spacial score (nSPS) is 7.50. The molecule has 0 aromatic carbocycles. The molecule has 12 heavy (non-hydrogen) atoms. The molecule has 0 aliphatic carbocycles. The molecule has 0 bridgehead atoms. The minimum Gasteiger partial charge on any atom is -0.356 e. The third kappa shape index (κ3) is 11.7. The van der Waals surface area contributed by atoms with Crippen LogP contribution in [0.2, 0.25) is 0 Å². The summed E-state index contributed by atoms with van der Waals surface area (Å²) in [6.45, 7) is 6.43. The van der Waals surface area contributed by atoms with Gasteiger partial charge in [0.25, 0.3) is 0 Å². The van der Waals surface area contributed by atoms with Crippen molar-refractivity contribution in [3.8, 4) is 6.07 Å². The van der Waals surface area contributed by atoms with E-state index >= 15 is 0 Å². The summed E-state index contributed by atoms with van der Waals surface area (Å²) in [6, 6.07) is 2.01. The fourth-order valence-corrected chi connectivity index (χ4v) is 0.520. The molecule has 0 aromatic heterocycles. The highest BCUT2D eigenvalue weighted by Gasteiger charge is 1.93. The summed E-state index contributed by atoms with van der Waals surface area (Å²) in [6.07, 6.45) is 1.79. The van der Waals surface area contributed by atoms with Gasteiger partial charge >= 0.3 is 0 Å². The first kappa shape index (κ1) is 13.5. The maximum Gasteiger partial charge on any atom is 0.219 e. The number of nitrogens with zero attached hydrogens (tertiary/aromatic N) is 1. The van der Waals surface area contributed by atoms with Crippen LogP contribution in [0, 0.1) is 11.3 Å². The summed E-state index contributed by atoms with van der Waals surface area (Å²) in [5.41, 5.74) is 0. The lowest BCUT2D eigenvalue weighted by atomic mass is 10.3. The Morgan fingerprint density at radius 1 is 1.58 bits per heavy atom. The van der Waals surface area contributed by atoms with Gasteiger partial charge in [0, 0.05) is 20.8 Å². The minimum atomic E-state index is 0. The van der Waals surface area contributed by atoms with Crippen LogP contribution in [-0.2, 0) is 4.79 Å². The summed E-state index contributed by atoms with van der Waals surface area (Å²) in [5.74, 6) is 0.0536. The smallest absolute Gasteiger partial charge is 0.219 e. The average Bonchev–Trinajstić information content (AvgIpc) is 2.15. The topological polar surface area (TPSA) is 52.9 Å². The van der Waals surface area contributed by atoms with Crippen molar-refractivity contribution >= 4 is 5.91 Å². The lowest BCUT2D eigenvalue weighted by molar-refractivity contribution is -0.120. The van der Waals surface area contributed by atoms with E-state index in [0.29, 0.717) is 19.4 Å². The number of carbonyl (C=O) groups is 1. The third-order valence-electron chi connectivity index (χ3n) is 1.11. The van der Waals surface area contributed by atoms with Crippen molar-refractivity contribution in [2.24, 2.45) is 0 Å². The van der Waals surface area contributed by atoms with Gasteiger partial charge in [0.05, 0.1) is 6.07 Å². The Kier molecular flexibility index (Phi) is 14.2. The summed E-state index contributed by atoms with van der Waals surface area (Å²) in [5, 5.41) is 10.8. The van der Waals surface area contributed by atoms with Crippen LogP contribution in [0.4, 0.5) is 0 Å². The summed E-state index contributed by atoms with van der Waals surface area (Å²) < 4.78 is 0. The van der Waals surface area contributed by atoms with Gasteiger partial charge < -0.3 is 5.32 Å². The molecule has 0 saturated heterocycles. The number of nitrogens with one attached hydrogen (secondary N) is 1. The van der Waals surface area contributed by atoms with Crippen LogP contribution in [0.3, 0.4) is 0 Å². The van der Waals surface area contributed by atoms with Crippen LogP contribution >= 0.6 is 0 Å². The largest absolute Gasteiger partial charge is 0.356 e. The van der Waals surface area contributed by atoms with E-state index in [2.05, 4.69) is 5.32 Å². The van der Waals surface area contributed by atoms with E-state index in [0.717, 1.165) is 6.42 Å². The fourth-order valence-electron chi connectivity index (χ4n) is 0.520. The third-order valence-corrected chi connectivity index (χ3v) is 1.11. The van der Waals surface area contributed by atoms with Crippen molar-refractivity contribution in [2.45, 2.75) is 40.0 Å². The van der Waals surface area contributed by atoms with Crippen LogP contribution in [-0.4, -0.2) is 12.5 Å². The molecule has 0 aliphatic heterocycles. The first-order valence-electron chi connectivity index (χ1n) is 4.45. The monoisotopic (exact) mass is 172 g/mol. The Labute approximate surface area is 76.3 Å². The first-order chi connectivity index (χ1) is 5.81. The second-order valence-electron chi connectivity index (χ2n) is 1.97. The molecule has 0 unspecified atom stereocenters. The van der Waals surface area contributed by atoms with E-state index in [1.54, 1.807) is 6.92 Å². The van der Waals surface area contributed by atoms with Crippen LogP contribution in [0.5, 0.6) is 0 Å². The molecule has 0 atom stereocenters. The average molecular weight is 172 g/mol. The summed E-state index contributed by atoms with van der Waals surface area (Å²) in [4.78, 5) is 10.6. The van der Waals surface area contributed by atoms with E-state index in [1.165, 1.54) is 0 Å². The molecule has 3 heteroatoms. The number of hydrogen-bond acceptors (Lipinski definition) is 2. The van der Waals surface area contributed by atoms with Crippen molar-refractivity contribution < 1.29 is 6.22 Å². The van der Waals surface area contributed by atoms with Gasteiger partial charge in [-0.05, 0) is 6.42 Å². The van der Waals surface area contributed by atoms with Crippen molar-refractivity contribution in [1.82, 2.24) is 5.32 Å². The predicted molar refractivity (Wildman–Crippen MR) is 51.6 cm³/mol. The SMILES string of the molecule is CC.CCC(=O)NCCCC#N.[HH]. The van der Waals surface area contributed by atoms with E-state index in [1.807, 2.05) is 19.9 Å². The van der Waals surface area contributed by atoms with Gasteiger partial charge in [-0.15, -0.1) is 0 Å². The molecule has 0 heterocycles. The Morgan fingerprint density at radius 2 is 2.17 bits per heavy atom. The maximum atomic E-state index is 10.6. The van der Waals surface area contributed by atoms with Gasteiger partial charge in [-0.1, -0.05) is 20.8 Å². The highest BCUT2D eigenvalue weighted by Crippen LogP contribution is 1.83. The van der Waals surface area contributed by atoms with Gasteiger partial charge in [0.1, 0.15) is 0 Å². The number of amides is 1. The molecule has 0 rings (SSSR count). The van der Waals surface area contributed by atoms with E-state index in [9.17, 15) is 4.79 Å². The van der Waals surface area contributed by atoms with Gasteiger partial charge in [0.15, 0.2) is 0 Å². The molecule has 3 nitrogen and oxygen atoms in total. The lowest BCUT2D eigenvalue weighted by Gasteiger charge is -1.98. The van der Waals surface area contributed by atoms with E-state index in [4.69, 9.17) is 5.26 Å². The second-order valence-corrected chi connectivity index (χ2v) is 1.97. The molecule has 1 N–H and O–H groups in total. The number of rotatable bonds is 4. The Hall–Kier alpha value is -1.04. The van der Waals surface area contributed by atoms with Crippen LogP contribution < -0.4 is 5.32 Å². The van der Waals surface area contributed by atoms with Crippen LogP contribution in [0.1, 0.15) is 41.5 Å². The second kappa shape index (κ2) is 12.6. The number of hydrogen-bond donors (Lipinski definition) is 1. The van der Waals surface area contributed by atoms with Crippen molar-refractivity contribution in [1.29, 1.82) is 5.26 Å². The van der Waals surface area contributed by atoms with Gasteiger partial charge in [-0.3, -0.25) is 4.79 Å². The highest BCUT2D eigenvalue weighted by molar-refractivity contribution is 5.75. The van der Waals surface area contributed by atoms with Crippen LogP contribution in [0.15, 0.2) is 0 Å². The molecule has 0 aromatic rings. The Morgan fingerprint density at radius 3 is 2.58 bits per heavy atom. The zero-order chi connectivity index (χ0) is 9.82. The first-order valence-corrected chi connectivity index (χ1v) is 4.45. The molecule has 1 amide bonds. The fraction of sp³-hybridized carbons (Fsp3) is 0.778. The van der Waals surface area contributed by atoms with Crippen molar-refractivity contribution in [3.05, 3.63) is 0 Å². The zero-order valence-corrected chi connectivity index (χ0v) is 8.18. The quantitative estimate of drug-likeness (QED) is 0.660. The highest BCUT2D eigenvalue weighted by atomic mass is 16.1. The number of nitriles is 1. The summed E-state index contributed by atoms with van der Waals surface area (Å²) in [7, 11) is 0. The van der Waals surface area contributed by atoms with E-state index in [-0.39, 0.29) is 7.33 Å². The molecule has 0 aliphatic rings. The maximum absolute atomic E-state index is 10.6. The van der Waals surface area contributed by atoms with Crippen molar-refractivity contribution in [2.75, 3.05) is 6.54 Å². The molecule has 0 radical (unpaired) electrons. The van der Waals surface area contributed by atoms with Gasteiger partial charge in [-0.2, -0.15) is 5.26 Å². The zero-order valence-electron chi connectivity index (χ0n) is 8.18. The minimum absolute atomic E-state index is 0. The van der Waals surface area contributed by atoms with Crippen LogP contribution in [0.25, 0.3) is 0 Å². The van der Waals surface area contributed by atoms with E-state index < -0.39 is 0 Å². The molecule has 0 fully saturated rings. The molecule has 72 valence electrons. The van der Waals surface area contributed by atoms with Crippen molar-refractivity contribution in [3.63, 3.8) is 0 Å². The predicted octanol–water partition coefficient (Wildman–Crippen LogP) is 2.09. The molecular weight excluding hydrogens is 152 g/mol.